The maximum atomic E-state index is 11.3. The van der Waals surface area contributed by atoms with Crippen LogP contribution in [0.2, 0.25) is 0 Å². The third kappa shape index (κ3) is 3.33. The molecule has 2 atom stereocenters. The summed E-state index contributed by atoms with van der Waals surface area (Å²) in [6.45, 7) is 4.33. The van der Waals surface area contributed by atoms with Crippen LogP contribution >= 0.6 is 0 Å². The van der Waals surface area contributed by atoms with Crippen LogP contribution in [0.25, 0.3) is 0 Å². The molecule has 17 heavy (non-hydrogen) atoms. The second-order valence-corrected chi connectivity index (χ2v) is 4.23. The van der Waals surface area contributed by atoms with Gasteiger partial charge in [-0.25, -0.2) is 4.79 Å². The summed E-state index contributed by atoms with van der Waals surface area (Å²) in [4.78, 5) is 11.3. The van der Waals surface area contributed by atoms with Gasteiger partial charge in [0, 0.05) is 0 Å². The predicted octanol–water partition coefficient (Wildman–Crippen LogP) is 2.76. The highest BCUT2D eigenvalue weighted by Crippen LogP contribution is 2.26. The van der Waals surface area contributed by atoms with Crippen LogP contribution in [0.15, 0.2) is 16.5 Å². The van der Waals surface area contributed by atoms with Crippen LogP contribution in [0, 0.1) is 5.92 Å². The van der Waals surface area contributed by atoms with E-state index in [1.165, 1.54) is 7.11 Å². The first kappa shape index (κ1) is 13.8. The quantitative estimate of drug-likeness (QED) is 0.775. The molecule has 0 saturated carbocycles. The number of hydrogen-bond donors (Lipinski definition) is 1. The lowest BCUT2D eigenvalue weighted by Crippen LogP contribution is -2.23. The highest BCUT2D eigenvalue weighted by Gasteiger charge is 2.21. The van der Waals surface area contributed by atoms with Crippen LogP contribution in [-0.4, -0.2) is 20.1 Å². The smallest absolute Gasteiger partial charge is 0.373 e. The maximum Gasteiger partial charge on any atom is 0.373 e. The lowest BCUT2D eigenvalue weighted by molar-refractivity contribution is 0.0561. The average Bonchev–Trinajstić information content (AvgIpc) is 2.79. The normalized spacial score (nSPS) is 14.4. The molecule has 1 aromatic heterocycles. The fourth-order valence-electron chi connectivity index (χ4n) is 2.06. The first-order valence-electron chi connectivity index (χ1n) is 5.99. The summed E-state index contributed by atoms with van der Waals surface area (Å²) in [5.41, 5.74) is 0. The molecule has 0 amide bonds. The summed E-state index contributed by atoms with van der Waals surface area (Å²) in [5.74, 6) is 1.07. The molecular weight excluding hydrogens is 218 g/mol. The standard InChI is InChI=1S/C13H21NO3/c1-5-6-9(2)12(14-3)10-7-8-11(17-10)13(15)16-4/h7-9,12,14H,5-6H2,1-4H3. The molecule has 0 radical (unpaired) electrons. The van der Waals surface area contributed by atoms with Crippen LogP contribution in [0.4, 0.5) is 0 Å². The number of carbonyl (C=O) groups excluding carboxylic acids is 1. The minimum absolute atomic E-state index is 0.133. The number of ether oxygens (including phenoxy) is 1. The molecule has 0 spiro atoms. The van der Waals surface area contributed by atoms with Gasteiger partial charge < -0.3 is 14.5 Å². The Morgan fingerprint density at radius 2 is 2.24 bits per heavy atom. The Morgan fingerprint density at radius 1 is 1.53 bits per heavy atom. The third-order valence-corrected chi connectivity index (χ3v) is 2.94. The molecule has 1 heterocycles. The first-order valence-corrected chi connectivity index (χ1v) is 5.99. The molecule has 96 valence electrons. The van der Waals surface area contributed by atoms with Crippen molar-refractivity contribution < 1.29 is 13.9 Å². The van der Waals surface area contributed by atoms with Gasteiger partial charge >= 0.3 is 5.97 Å². The highest BCUT2D eigenvalue weighted by atomic mass is 16.5. The van der Waals surface area contributed by atoms with Crippen molar-refractivity contribution >= 4 is 5.97 Å². The van der Waals surface area contributed by atoms with Gasteiger partial charge in [-0.15, -0.1) is 0 Å². The number of methoxy groups -OCH3 is 1. The summed E-state index contributed by atoms with van der Waals surface area (Å²) >= 11 is 0. The summed E-state index contributed by atoms with van der Waals surface area (Å²) in [7, 11) is 3.25. The van der Waals surface area contributed by atoms with Crippen molar-refractivity contribution in [2.24, 2.45) is 5.92 Å². The Morgan fingerprint density at radius 3 is 2.76 bits per heavy atom. The lowest BCUT2D eigenvalue weighted by Gasteiger charge is -2.20. The van der Waals surface area contributed by atoms with Crippen molar-refractivity contribution in [2.45, 2.75) is 32.7 Å². The average molecular weight is 239 g/mol. The SMILES string of the molecule is CCCC(C)C(NC)c1ccc(C(=O)OC)o1. The van der Waals surface area contributed by atoms with Gasteiger partial charge in [0.15, 0.2) is 0 Å². The second-order valence-electron chi connectivity index (χ2n) is 4.23. The minimum atomic E-state index is -0.436. The fourth-order valence-corrected chi connectivity index (χ4v) is 2.06. The van der Waals surface area contributed by atoms with Crippen molar-refractivity contribution in [1.82, 2.24) is 5.32 Å². The Kier molecular flexibility index (Phi) is 5.22. The number of furan rings is 1. The summed E-state index contributed by atoms with van der Waals surface area (Å²) in [5, 5.41) is 3.23. The number of carbonyl (C=O) groups is 1. The number of esters is 1. The topological polar surface area (TPSA) is 51.5 Å². The van der Waals surface area contributed by atoms with Gasteiger partial charge in [0.1, 0.15) is 5.76 Å². The van der Waals surface area contributed by atoms with E-state index in [-0.39, 0.29) is 11.8 Å². The third-order valence-electron chi connectivity index (χ3n) is 2.94. The molecule has 1 N–H and O–H groups in total. The molecule has 2 unspecified atom stereocenters. The van der Waals surface area contributed by atoms with Crippen LogP contribution < -0.4 is 5.32 Å². The van der Waals surface area contributed by atoms with E-state index >= 15 is 0 Å². The van der Waals surface area contributed by atoms with Crippen LogP contribution in [0.3, 0.4) is 0 Å². The fraction of sp³-hybridized carbons (Fsp3) is 0.615. The molecule has 0 aliphatic carbocycles. The van der Waals surface area contributed by atoms with Gasteiger partial charge in [-0.3, -0.25) is 0 Å². The van der Waals surface area contributed by atoms with Crippen molar-refractivity contribution in [3.8, 4) is 0 Å². The molecule has 4 nitrogen and oxygen atoms in total. The molecular formula is C13H21NO3. The number of nitrogens with one attached hydrogen (secondary N) is 1. The van der Waals surface area contributed by atoms with E-state index in [1.54, 1.807) is 6.07 Å². The van der Waals surface area contributed by atoms with E-state index in [9.17, 15) is 4.79 Å². The van der Waals surface area contributed by atoms with Gasteiger partial charge in [0.05, 0.1) is 13.2 Å². The largest absolute Gasteiger partial charge is 0.463 e. The van der Waals surface area contributed by atoms with E-state index in [1.807, 2.05) is 13.1 Å². The Bertz CT molecular complexity index is 359. The molecule has 4 heteroatoms. The number of hydrogen-bond acceptors (Lipinski definition) is 4. The van der Waals surface area contributed by atoms with Crippen molar-refractivity contribution in [1.29, 1.82) is 0 Å². The molecule has 1 aromatic rings. The van der Waals surface area contributed by atoms with Gasteiger partial charge in [-0.1, -0.05) is 20.3 Å². The van der Waals surface area contributed by atoms with Gasteiger partial charge in [-0.2, -0.15) is 0 Å². The maximum absolute atomic E-state index is 11.3. The lowest BCUT2D eigenvalue weighted by atomic mass is 9.95. The van der Waals surface area contributed by atoms with Crippen LogP contribution in [0.5, 0.6) is 0 Å². The van der Waals surface area contributed by atoms with Gasteiger partial charge in [-0.05, 0) is 31.5 Å². The molecule has 0 aromatic carbocycles. The van der Waals surface area contributed by atoms with Crippen molar-refractivity contribution in [2.75, 3.05) is 14.2 Å². The van der Waals surface area contributed by atoms with Crippen LogP contribution in [0.1, 0.15) is 49.0 Å². The summed E-state index contributed by atoms with van der Waals surface area (Å²) < 4.78 is 10.1. The number of rotatable bonds is 6. The zero-order valence-electron chi connectivity index (χ0n) is 10.9. The molecule has 0 fully saturated rings. The Balaban J connectivity index is 2.82. The second kappa shape index (κ2) is 6.45. The van der Waals surface area contributed by atoms with Crippen LogP contribution in [-0.2, 0) is 4.74 Å². The molecule has 0 saturated heterocycles. The predicted molar refractivity (Wildman–Crippen MR) is 65.9 cm³/mol. The van der Waals surface area contributed by atoms with E-state index < -0.39 is 5.97 Å². The van der Waals surface area contributed by atoms with E-state index in [0.717, 1.165) is 18.6 Å². The molecule has 0 bridgehead atoms. The molecule has 0 aliphatic rings. The summed E-state index contributed by atoms with van der Waals surface area (Å²) in [6.07, 6.45) is 2.24. The Labute approximate surface area is 102 Å². The molecule has 1 rings (SSSR count). The van der Waals surface area contributed by atoms with Crippen molar-refractivity contribution in [3.05, 3.63) is 23.7 Å². The minimum Gasteiger partial charge on any atom is -0.463 e. The Hall–Kier alpha value is -1.29. The highest BCUT2D eigenvalue weighted by molar-refractivity contribution is 5.86. The monoisotopic (exact) mass is 239 g/mol. The van der Waals surface area contributed by atoms with E-state index in [0.29, 0.717) is 5.92 Å². The molecule has 0 aliphatic heterocycles. The zero-order chi connectivity index (χ0) is 12.8. The first-order chi connectivity index (χ1) is 8.13. The van der Waals surface area contributed by atoms with E-state index in [2.05, 4.69) is 23.9 Å². The van der Waals surface area contributed by atoms with Crippen molar-refractivity contribution in [3.63, 3.8) is 0 Å². The summed E-state index contributed by atoms with van der Waals surface area (Å²) in [6, 6.07) is 3.62. The van der Waals surface area contributed by atoms with E-state index in [4.69, 9.17) is 4.42 Å². The van der Waals surface area contributed by atoms with Gasteiger partial charge in [0.25, 0.3) is 0 Å². The zero-order valence-corrected chi connectivity index (χ0v) is 10.9. The van der Waals surface area contributed by atoms with Gasteiger partial charge in [0.2, 0.25) is 5.76 Å².